The van der Waals surface area contributed by atoms with Gasteiger partial charge in [0.25, 0.3) is 0 Å². The van der Waals surface area contributed by atoms with E-state index >= 15 is 0 Å². The van der Waals surface area contributed by atoms with Crippen molar-refractivity contribution in [3.63, 3.8) is 0 Å². The molecule has 5 nitrogen and oxygen atoms in total. The van der Waals surface area contributed by atoms with Gasteiger partial charge in [-0.3, -0.25) is 9.69 Å². The Morgan fingerprint density at radius 1 is 1.55 bits per heavy atom. The number of amides is 1. The van der Waals surface area contributed by atoms with E-state index in [0.29, 0.717) is 6.61 Å². The Labute approximate surface area is 65.1 Å². The molecule has 1 fully saturated rings. The summed E-state index contributed by atoms with van der Waals surface area (Å²) in [5.41, 5.74) is 0. The van der Waals surface area contributed by atoms with Crippen molar-refractivity contribution >= 4 is 21.7 Å². The van der Waals surface area contributed by atoms with Crippen LogP contribution in [0.2, 0.25) is 0 Å². The fraction of sp³-hybridized carbons (Fsp3) is 0.600. The van der Waals surface area contributed by atoms with Crippen LogP contribution in [0.4, 0.5) is 0 Å². The molecule has 1 saturated heterocycles. The molecule has 0 N–H and O–H groups in total. The Kier molecular flexibility index (Phi) is 2.61. The average molecular weight is 176 g/mol. The van der Waals surface area contributed by atoms with E-state index in [0.717, 1.165) is 4.90 Å². The zero-order valence-corrected chi connectivity index (χ0v) is 6.43. The zero-order valence-electron chi connectivity index (χ0n) is 5.61. The first-order valence-electron chi connectivity index (χ1n) is 2.94. The molecule has 0 bridgehead atoms. The van der Waals surface area contributed by atoms with Crippen molar-refractivity contribution in [2.24, 2.45) is 0 Å². The van der Waals surface area contributed by atoms with E-state index in [-0.39, 0.29) is 18.1 Å². The van der Waals surface area contributed by atoms with Crippen LogP contribution in [-0.2, 0) is 19.8 Å². The SMILES string of the molecule is O=[C]N1CCOCC1=S(=O)=O. The van der Waals surface area contributed by atoms with Gasteiger partial charge in [0.1, 0.15) is 6.61 Å². The first-order chi connectivity index (χ1) is 5.25. The summed E-state index contributed by atoms with van der Waals surface area (Å²) in [6, 6.07) is 0. The lowest BCUT2D eigenvalue weighted by atomic mass is 10.5. The molecular formula is C5H6NO4S. The maximum absolute atomic E-state index is 10.4. The van der Waals surface area contributed by atoms with Gasteiger partial charge >= 0.3 is 6.41 Å². The molecule has 1 aliphatic heterocycles. The fourth-order valence-corrected chi connectivity index (χ4v) is 1.24. The lowest BCUT2D eigenvalue weighted by Crippen LogP contribution is -2.41. The Morgan fingerprint density at radius 3 is 2.73 bits per heavy atom. The van der Waals surface area contributed by atoms with Gasteiger partial charge < -0.3 is 4.74 Å². The van der Waals surface area contributed by atoms with Gasteiger partial charge in [0.2, 0.25) is 10.3 Å². The first-order valence-corrected chi connectivity index (χ1v) is 4.01. The third-order valence-electron chi connectivity index (χ3n) is 1.29. The Balaban J connectivity index is 2.92. The molecule has 0 aromatic carbocycles. The second kappa shape index (κ2) is 3.49. The number of hydrogen-bond acceptors (Lipinski definition) is 4. The van der Waals surface area contributed by atoms with Crippen molar-refractivity contribution in [2.75, 3.05) is 19.8 Å². The molecule has 0 atom stereocenters. The average Bonchev–Trinajstić information content (AvgIpc) is 2.04. The zero-order chi connectivity index (χ0) is 8.27. The highest BCUT2D eigenvalue weighted by Gasteiger charge is 2.17. The van der Waals surface area contributed by atoms with Crippen LogP contribution >= 0.6 is 0 Å². The summed E-state index contributed by atoms with van der Waals surface area (Å²) >= 11 is 0. The van der Waals surface area contributed by atoms with E-state index < -0.39 is 10.3 Å². The van der Waals surface area contributed by atoms with Crippen molar-refractivity contribution in [2.45, 2.75) is 0 Å². The molecule has 0 aromatic heterocycles. The molecule has 11 heavy (non-hydrogen) atoms. The minimum Gasteiger partial charge on any atom is -0.372 e. The second-order valence-corrected chi connectivity index (χ2v) is 2.86. The van der Waals surface area contributed by atoms with E-state index in [1.54, 1.807) is 0 Å². The van der Waals surface area contributed by atoms with Crippen LogP contribution in [0, 0.1) is 0 Å². The number of nitrogens with zero attached hydrogens (tertiary/aromatic N) is 1. The number of hydrogen-bond donors (Lipinski definition) is 0. The summed E-state index contributed by atoms with van der Waals surface area (Å²) in [7, 11) is -2.38. The van der Waals surface area contributed by atoms with Gasteiger partial charge in [-0.05, 0) is 0 Å². The first kappa shape index (κ1) is 8.22. The largest absolute Gasteiger partial charge is 0.372 e. The third kappa shape index (κ3) is 1.78. The van der Waals surface area contributed by atoms with E-state index in [9.17, 15) is 13.2 Å². The van der Waals surface area contributed by atoms with Crippen LogP contribution < -0.4 is 0 Å². The predicted molar refractivity (Wildman–Crippen MR) is 37.1 cm³/mol. The molecule has 1 amide bonds. The Hall–Kier alpha value is -0.880. The lowest BCUT2D eigenvalue weighted by molar-refractivity contribution is 0.137. The smallest absolute Gasteiger partial charge is 0.317 e. The molecule has 6 heteroatoms. The molecule has 1 radical (unpaired) electrons. The van der Waals surface area contributed by atoms with Crippen molar-refractivity contribution in [1.82, 2.24) is 4.90 Å². The van der Waals surface area contributed by atoms with Crippen LogP contribution in [0.5, 0.6) is 0 Å². The van der Waals surface area contributed by atoms with Crippen molar-refractivity contribution in [3.8, 4) is 0 Å². The highest BCUT2D eigenvalue weighted by molar-refractivity contribution is 7.72. The molecule has 0 unspecified atom stereocenters. The van der Waals surface area contributed by atoms with Crippen LogP contribution in [0.3, 0.4) is 0 Å². The van der Waals surface area contributed by atoms with Gasteiger partial charge in [-0.2, -0.15) is 8.42 Å². The van der Waals surface area contributed by atoms with Gasteiger partial charge in [0.05, 0.1) is 13.2 Å². The van der Waals surface area contributed by atoms with Crippen molar-refractivity contribution in [3.05, 3.63) is 0 Å². The molecule has 1 rings (SSSR count). The Bertz CT molecular complexity index is 273. The van der Waals surface area contributed by atoms with E-state index in [1.165, 1.54) is 6.41 Å². The Morgan fingerprint density at radius 2 is 2.27 bits per heavy atom. The van der Waals surface area contributed by atoms with Gasteiger partial charge in [0.15, 0.2) is 4.99 Å². The minimum atomic E-state index is -2.38. The number of morpholine rings is 1. The standard InChI is InChI=1S/C5H6NO4S/c7-4-6-1-2-10-3-5(6)11(8)9/h1-3H2. The summed E-state index contributed by atoms with van der Waals surface area (Å²) in [6.45, 7) is 0.577. The summed E-state index contributed by atoms with van der Waals surface area (Å²) in [5.74, 6) is 0. The van der Waals surface area contributed by atoms with Crippen LogP contribution in [0.25, 0.3) is 0 Å². The molecule has 0 aromatic rings. The molecule has 0 spiro atoms. The lowest BCUT2D eigenvalue weighted by Gasteiger charge is -2.21. The normalized spacial score (nSPS) is 18.2. The summed E-state index contributed by atoms with van der Waals surface area (Å²) in [6.07, 6.45) is 1.51. The maximum atomic E-state index is 10.4. The van der Waals surface area contributed by atoms with E-state index in [4.69, 9.17) is 4.74 Å². The quantitative estimate of drug-likeness (QED) is 0.451. The van der Waals surface area contributed by atoms with Crippen molar-refractivity contribution in [1.29, 1.82) is 0 Å². The number of rotatable bonds is 1. The van der Waals surface area contributed by atoms with Gasteiger partial charge in [-0.25, -0.2) is 0 Å². The summed E-state index contributed by atoms with van der Waals surface area (Å²) < 4.78 is 25.6. The third-order valence-corrected chi connectivity index (χ3v) is 2.01. The molecule has 61 valence electrons. The highest BCUT2D eigenvalue weighted by atomic mass is 32.2. The summed E-state index contributed by atoms with van der Waals surface area (Å²) in [4.78, 5) is 11.1. The predicted octanol–water partition coefficient (Wildman–Crippen LogP) is -1.61. The summed E-state index contributed by atoms with van der Waals surface area (Å²) in [5, 5.41) is 0. The van der Waals surface area contributed by atoms with Gasteiger partial charge in [-0.15, -0.1) is 0 Å². The maximum Gasteiger partial charge on any atom is 0.317 e. The van der Waals surface area contributed by atoms with Crippen LogP contribution in [0.15, 0.2) is 0 Å². The minimum absolute atomic E-state index is 0.0364. The highest BCUT2D eigenvalue weighted by Crippen LogP contribution is 1.95. The van der Waals surface area contributed by atoms with Gasteiger partial charge in [-0.1, -0.05) is 0 Å². The second-order valence-electron chi connectivity index (χ2n) is 1.92. The van der Waals surface area contributed by atoms with E-state index in [2.05, 4.69) is 0 Å². The number of ether oxygens (including phenoxy) is 1. The fourth-order valence-electron chi connectivity index (χ4n) is 0.753. The number of carbonyl (C=O) groups excluding carboxylic acids is 1. The molecule has 1 heterocycles. The van der Waals surface area contributed by atoms with Gasteiger partial charge in [0, 0.05) is 0 Å². The van der Waals surface area contributed by atoms with Crippen LogP contribution in [0.1, 0.15) is 0 Å². The molecule has 0 saturated carbocycles. The van der Waals surface area contributed by atoms with Crippen molar-refractivity contribution < 1.29 is 17.9 Å². The van der Waals surface area contributed by atoms with E-state index in [1.807, 2.05) is 0 Å². The molecule has 1 aliphatic rings. The molecule has 0 aliphatic carbocycles. The van der Waals surface area contributed by atoms with Crippen LogP contribution in [-0.4, -0.2) is 44.5 Å². The molecular weight excluding hydrogens is 170 g/mol. The topological polar surface area (TPSA) is 63.7 Å². The monoisotopic (exact) mass is 176 g/mol.